The lowest BCUT2D eigenvalue weighted by atomic mass is 9.89. The van der Waals surface area contributed by atoms with Gasteiger partial charge in [-0.2, -0.15) is 0 Å². The van der Waals surface area contributed by atoms with Crippen molar-refractivity contribution in [1.29, 1.82) is 0 Å². The number of rotatable bonds is 4. The molecule has 0 aromatic rings. The number of piperazine rings is 1. The Hall–Kier alpha value is -0.520. The second-order valence-electron chi connectivity index (χ2n) is 6.07. The molecule has 1 aliphatic heterocycles. The predicted molar refractivity (Wildman–Crippen MR) is 72.8 cm³/mol. The molecule has 0 amide bonds. The number of nitrogens with zero attached hydrogens (tertiary/aromatic N) is 1. The van der Waals surface area contributed by atoms with Crippen molar-refractivity contribution in [3.8, 4) is 12.3 Å². The fourth-order valence-electron chi connectivity index (χ4n) is 3.12. The molecule has 1 saturated carbocycles. The molecule has 1 aliphatic carbocycles. The van der Waals surface area contributed by atoms with Gasteiger partial charge in [0.05, 0.1) is 6.04 Å². The lowest BCUT2D eigenvalue weighted by Gasteiger charge is -2.47. The lowest BCUT2D eigenvalue weighted by molar-refractivity contribution is 0.0615. The number of terminal acetylenes is 1. The Morgan fingerprint density at radius 3 is 2.76 bits per heavy atom. The van der Waals surface area contributed by atoms with Crippen molar-refractivity contribution in [3.63, 3.8) is 0 Å². The molecule has 0 spiro atoms. The Morgan fingerprint density at radius 2 is 2.24 bits per heavy atom. The molecule has 0 aromatic heterocycles. The fourth-order valence-corrected chi connectivity index (χ4v) is 3.12. The molecular weight excluding hydrogens is 208 g/mol. The second-order valence-corrected chi connectivity index (χ2v) is 6.07. The molecule has 2 aliphatic rings. The van der Waals surface area contributed by atoms with Gasteiger partial charge >= 0.3 is 0 Å². The van der Waals surface area contributed by atoms with Crippen LogP contribution in [0.4, 0.5) is 0 Å². The van der Waals surface area contributed by atoms with Gasteiger partial charge in [-0.25, -0.2) is 0 Å². The molecule has 2 heteroatoms. The van der Waals surface area contributed by atoms with Gasteiger partial charge in [-0.15, -0.1) is 6.42 Å². The van der Waals surface area contributed by atoms with Gasteiger partial charge in [0.2, 0.25) is 0 Å². The van der Waals surface area contributed by atoms with Crippen LogP contribution in [0.3, 0.4) is 0 Å². The van der Waals surface area contributed by atoms with Gasteiger partial charge < -0.3 is 5.32 Å². The van der Waals surface area contributed by atoms with E-state index in [1.54, 1.807) is 0 Å². The van der Waals surface area contributed by atoms with Crippen molar-refractivity contribution < 1.29 is 0 Å². The summed E-state index contributed by atoms with van der Waals surface area (Å²) in [4.78, 5) is 2.55. The zero-order chi connectivity index (χ0) is 12.5. The average molecular weight is 234 g/mol. The van der Waals surface area contributed by atoms with Crippen molar-refractivity contribution in [3.05, 3.63) is 0 Å². The third-order valence-corrected chi connectivity index (χ3v) is 4.51. The van der Waals surface area contributed by atoms with Crippen molar-refractivity contribution in [2.24, 2.45) is 5.92 Å². The largest absolute Gasteiger partial charge is 0.308 e. The lowest BCUT2D eigenvalue weighted by Crippen LogP contribution is -2.65. The minimum atomic E-state index is 0.301. The van der Waals surface area contributed by atoms with E-state index >= 15 is 0 Å². The smallest absolute Gasteiger partial charge is 0.0715 e. The van der Waals surface area contributed by atoms with Crippen LogP contribution in [0.5, 0.6) is 0 Å². The maximum Gasteiger partial charge on any atom is 0.0715 e. The Kier molecular flexibility index (Phi) is 3.80. The van der Waals surface area contributed by atoms with Crippen LogP contribution in [0.15, 0.2) is 0 Å². The molecular formula is C15H26N2. The molecule has 0 aromatic carbocycles. The van der Waals surface area contributed by atoms with E-state index in [0.717, 1.165) is 25.4 Å². The van der Waals surface area contributed by atoms with E-state index in [1.807, 2.05) is 0 Å². The van der Waals surface area contributed by atoms with Crippen LogP contribution in [0, 0.1) is 18.3 Å². The standard InChI is InChI=1S/C15H26N2/c1-5-7-14(6-2)17-11-15(4,13-8-9-13)16-10-12(17)3/h2,12-14,16H,5,7-11H2,1,3-4H3. The normalized spacial score (nSPS) is 36.5. The fraction of sp³-hybridized carbons (Fsp3) is 0.867. The molecule has 17 heavy (non-hydrogen) atoms. The van der Waals surface area contributed by atoms with Crippen LogP contribution in [0.2, 0.25) is 0 Å². The summed E-state index contributed by atoms with van der Waals surface area (Å²) < 4.78 is 0. The molecule has 0 radical (unpaired) electrons. The van der Waals surface area contributed by atoms with Crippen LogP contribution in [0.1, 0.15) is 46.5 Å². The molecule has 1 heterocycles. The van der Waals surface area contributed by atoms with E-state index in [9.17, 15) is 0 Å². The third-order valence-electron chi connectivity index (χ3n) is 4.51. The topological polar surface area (TPSA) is 15.3 Å². The molecule has 1 N–H and O–H groups in total. The maximum atomic E-state index is 5.72. The summed E-state index contributed by atoms with van der Waals surface area (Å²) in [6.45, 7) is 9.09. The number of hydrogen-bond acceptors (Lipinski definition) is 2. The molecule has 0 bridgehead atoms. The quantitative estimate of drug-likeness (QED) is 0.751. The first-order chi connectivity index (χ1) is 8.10. The first-order valence-corrected chi connectivity index (χ1v) is 7.07. The maximum absolute atomic E-state index is 5.72. The summed E-state index contributed by atoms with van der Waals surface area (Å²) in [6, 6.07) is 0.893. The van der Waals surface area contributed by atoms with Crippen molar-refractivity contribution >= 4 is 0 Å². The van der Waals surface area contributed by atoms with Crippen LogP contribution >= 0.6 is 0 Å². The predicted octanol–water partition coefficient (Wildman–Crippen LogP) is 2.25. The van der Waals surface area contributed by atoms with E-state index < -0.39 is 0 Å². The van der Waals surface area contributed by atoms with E-state index in [-0.39, 0.29) is 0 Å². The zero-order valence-corrected chi connectivity index (χ0v) is 11.5. The van der Waals surface area contributed by atoms with Crippen LogP contribution in [-0.4, -0.2) is 35.6 Å². The summed E-state index contributed by atoms with van der Waals surface area (Å²) in [7, 11) is 0. The molecule has 96 valence electrons. The van der Waals surface area contributed by atoms with Gasteiger partial charge in [-0.1, -0.05) is 19.3 Å². The van der Waals surface area contributed by atoms with Crippen molar-refractivity contribution in [2.75, 3.05) is 13.1 Å². The molecule has 2 rings (SSSR count). The first-order valence-electron chi connectivity index (χ1n) is 7.07. The molecule has 2 nitrogen and oxygen atoms in total. The summed E-state index contributed by atoms with van der Waals surface area (Å²) in [5.41, 5.74) is 0.301. The Labute approximate surface area is 106 Å². The minimum Gasteiger partial charge on any atom is -0.308 e. The summed E-state index contributed by atoms with van der Waals surface area (Å²) in [5.74, 6) is 3.87. The Balaban J connectivity index is 2.06. The average Bonchev–Trinajstić information content (AvgIpc) is 3.14. The van der Waals surface area contributed by atoms with Crippen molar-refractivity contribution in [1.82, 2.24) is 10.2 Å². The molecule has 3 unspecified atom stereocenters. The summed E-state index contributed by atoms with van der Waals surface area (Å²) >= 11 is 0. The Bertz CT molecular complexity index is 303. The van der Waals surface area contributed by atoms with E-state index in [1.165, 1.54) is 19.3 Å². The minimum absolute atomic E-state index is 0.301. The van der Waals surface area contributed by atoms with E-state index in [4.69, 9.17) is 6.42 Å². The van der Waals surface area contributed by atoms with Crippen LogP contribution in [0.25, 0.3) is 0 Å². The van der Waals surface area contributed by atoms with Crippen LogP contribution in [-0.2, 0) is 0 Å². The monoisotopic (exact) mass is 234 g/mol. The summed E-state index contributed by atoms with van der Waals surface area (Å²) in [5, 5.41) is 3.75. The highest BCUT2D eigenvalue weighted by Crippen LogP contribution is 2.41. The molecule has 2 fully saturated rings. The van der Waals surface area contributed by atoms with E-state index in [0.29, 0.717) is 17.6 Å². The summed E-state index contributed by atoms with van der Waals surface area (Å²) in [6.07, 6.45) is 10.8. The highest BCUT2D eigenvalue weighted by Gasteiger charge is 2.46. The second kappa shape index (κ2) is 5.00. The molecule has 3 atom stereocenters. The van der Waals surface area contributed by atoms with Gasteiger partial charge in [0.1, 0.15) is 0 Å². The highest BCUT2D eigenvalue weighted by molar-refractivity contribution is 5.09. The van der Waals surface area contributed by atoms with Crippen molar-refractivity contribution in [2.45, 2.75) is 64.1 Å². The van der Waals surface area contributed by atoms with Gasteiger partial charge in [0.15, 0.2) is 0 Å². The van der Waals surface area contributed by atoms with Gasteiger partial charge in [-0.05, 0) is 39.0 Å². The highest BCUT2D eigenvalue weighted by atomic mass is 15.3. The first kappa shape index (κ1) is 12.9. The number of nitrogens with one attached hydrogen (secondary N) is 1. The van der Waals surface area contributed by atoms with Crippen LogP contribution < -0.4 is 5.32 Å². The third kappa shape index (κ3) is 2.67. The molecule has 1 saturated heterocycles. The SMILES string of the molecule is C#CC(CCC)N1CC(C)(C2CC2)NCC1C. The Morgan fingerprint density at radius 1 is 1.53 bits per heavy atom. The van der Waals surface area contributed by atoms with Gasteiger partial charge in [0, 0.05) is 24.7 Å². The van der Waals surface area contributed by atoms with E-state index in [2.05, 4.69) is 36.9 Å². The van der Waals surface area contributed by atoms with Gasteiger partial charge in [-0.3, -0.25) is 4.90 Å². The number of hydrogen-bond donors (Lipinski definition) is 1. The zero-order valence-electron chi connectivity index (χ0n) is 11.5. The van der Waals surface area contributed by atoms with Gasteiger partial charge in [0.25, 0.3) is 0 Å².